The highest BCUT2D eigenvalue weighted by Gasteiger charge is 2.20. The molecular weight excluding hydrogens is 424 g/mol. The molecule has 2 aromatic carbocycles. The molecule has 3 rings (SSSR count). The summed E-state index contributed by atoms with van der Waals surface area (Å²) >= 11 is 0. The van der Waals surface area contributed by atoms with Gasteiger partial charge in [0.15, 0.2) is 0 Å². The summed E-state index contributed by atoms with van der Waals surface area (Å²) in [6, 6.07) is 8.56. The average molecular weight is 469 g/mol. The van der Waals surface area contributed by atoms with Crippen molar-refractivity contribution in [2.45, 2.75) is 78.6 Å². The van der Waals surface area contributed by atoms with E-state index in [4.69, 9.17) is 0 Å². The molecule has 0 fully saturated rings. The summed E-state index contributed by atoms with van der Waals surface area (Å²) in [6.07, 6.45) is 1.90. The Bertz CT molecular complexity index is 818. The van der Waals surface area contributed by atoms with E-state index in [2.05, 4.69) is 87.1 Å². The number of aromatic hydroxyl groups is 2. The van der Waals surface area contributed by atoms with E-state index in [0.717, 1.165) is 72.4 Å². The number of benzene rings is 2. The molecular formula is C28H44N4O2. The summed E-state index contributed by atoms with van der Waals surface area (Å²) in [6.45, 7) is 16.0. The Morgan fingerprint density at radius 3 is 1.00 bits per heavy atom. The highest BCUT2D eigenvalue weighted by Crippen LogP contribution is 2.34. The maximum atomic E-state index is 11.0. The van der Waals surface area contributed by atoms with Gasteiger partial charge < -0.3 is 31.5 Å². The molecule has 0 saturated carbocycles. The fourth-order valence-corrected chi connectivity index (χ4v) is 4.88. The van der Waals surface area contributed by atoms with E-state index in [1.165, 1.54) is 0 Å². The van der Waals surface area contributed by atoms with Crippen molar-refractivity contribution >= 4 is 0 Å². The van der Waals surface area contributed by atoms with Gasteiger partial charge in [-0.2, -0.15) is 0 Å². The number of hydrogen-bond acceptors (Lipinski definition) is 6. The van der Waals surface area contributed by atoms with E-state index in [0.29, 0.717) is 11.5 Å². The minimum atomic E-state index is 0.0583. The van der Waals surface area contributed by atoms with Gasteiger partial charge in [0.25, 0.3) is 0 Å². The van der Waals surface area contributed by atoms with Crippen molar-refractivity contribution in [3.8, 4) is 11.5 Å². The third kappa shape index (κ3) is 6.51. The van der Waals surface area contributed by atoms with Crippen LogP contribution in [0.25, 0.3) is 0 Å². The topological polar surface area (TPSA) is 88.6 Å². The summed E-state index contributed by atoms with van der Waals surface area (Å²) in [5, 5.41) is 36.3. The van der Waals surface area contributed by atoms with E-state index in [1.54, 1.807) is 0 Å². The van der Waals surface area contributed by atoms with E-state index in [1.807, 2.05) is 0 Å². The first-order valence-electron chi connectivity index (χ1n) is 12.8. The lowest BCUT2D eigenvalue weighted by Gasteiger charge is -2.24. The molecule has 0 radical (unpaired) electrons. The Labute approximate surface area is 205 Å². The van der Waals surface area contributed by atoms with E-state index >= 15 is 0 Å². The molecule has 0 aromatic heterocycles. The average Bonchev–Trinajstić information content (AvgIpc) is 2.79. The van der Waals surface area contributed by atoms with Gasteiger partial charge in [0.1, 0.15) is 11.5 Å². The molecule has 6 N–H and O–H groups in total. The molecule has 1 heterocycles. The molecule has 1 aliphatic heterocycles. The maximum absolute atomic E-state index is 11.0. The second-order valence-corrected chi connectivity index (χ2v) is 9.99. The fourth-order valence-electron chi connectivity index (χ4n) is 4.88. The highest BCUT2D eigenvalue weighted by atomic mass is 16.3. The number of rotatable bonds is 0. The standard InChI is InChI=1S/C28H44N4O2/c1-17-13-23-19(3)29-9-7-11-31-21(5)25-15-18(2)16-26(28(25)34)22(6)32-12-8-10-30-20(4)24(14-17)27(23)33/h13-16,19-22,29-34H,7-12H2,1-6H3. The summed E-state index contributed by atoms with van der Waals surface area (Å²) in [5.74, 6) is 0.783. The van der Waals surface area contributed by atoms with Gasteiger partial charge in [-0.25, -0.2) is 0 Å². The quantitative estimate of drug-likeness (QED) is 0.333. The van der Waals surface area contributed by atoms with Gasteiger partial charge in [-0.1, -0.05) is 35.4 Å². The molecule has 0 saturated heterocycles. The first kappa shape index (κ1) is 26.5. The maximum Gasteiger partial charge on any atom is 0.125 e. The number of phenols is 2. The predicted molar refractivity (Wildman–Crippen MR) is 141 cm³/mol. The molecule has 188 valence electrons. The van der Waals surface area contributed by atoms with Crippen molar-refractivity contribution in [1.29, 1.82) is 0 Å². The first-order chi connectivity index (χ1) is 16.2. The Morgan fingerprint density at radius 2 is 0.765 bits per heavy atom. The molecule has 34 heavy (non-hydrogen) atoms. The summed E-state index contributed by atoms with van der Waals surface area (Å²) < 4.78 is 0. The zero-order valence-corrected chi connectivity index (χ0v) is 21.8. The third-order valence-corrected chi connectivity index (χ3v) is 7.00. The molecule has 1 aliphatic rings. The lowest BCUT2D eigenvalue weighted by molar-refractivity contribution is 0.422. The lowest BCUT2D eigenvalue weighted by Crippen LogP contribution is -2.28. The molecule has 0 aliphatic carbocycles. The van der Waals surface area contributed by atoms with E-state index in [-0.39, 0.29) is 24.2 Å². The Kier molecular flexibility index (Phi) is 9.37. The molecule has 0 spiro atoms. The number of fused-ring (bicyclic) bond motifs is 4. The summed E-state index contributed by atoms with van der Waals surface area (Å²) in [5.41, 5.74) is 6.13. The molecule has 4 atom stereocenters. The number of hydrogen-bond donors (Lipinski definition) is 6. The number of aryl methyl sites for hydroxylation is 2. The summed E-state index contributed by atoms with van der Waals surface area (Å²) in [7, 11) is 0. The van der Waals surface area contributed by atoms with Crippen LogP contribution in [-0.2, 0) is 0 Å². The van der Waals surface area contributed by atoms with Crippen molar-refractivity contribution in [1.82, 2.24) is 21.3 Å². The molecule has 4 unspecified atom stereocenters. The van der Waals surface area contributed by atoms with Crippen molar-refractivity contribution in [2.75, 3.05) is 26.2 Å². The van der Waals surface area contributed by atoms with Crippen molar-refractivity contribution in [3.63, 3.8) is 0 Å². The number of phenolic OH excluding ortho intramolecular Hbond substituents is 2. The fraction of sp³-hybridized carbons (Fsp3) is 0.571. The zero-order chi connectivity index (χ0) is 24.8. The molecule has 0 amide bonds. The van der Waals surface area contributed by atoms with Gasteiger partial charge >= 0.3 is 0 Å². The minimum Gasteiger partial charge on any atom is -0.507 e. The third-order valence-electron chi connectivity index (χ3n) is 7.00. The summed E-state index contributed by atoms with van der Waals surface area (Å²) in [4.78, 5) is 0. The van der Waals surface area contributed by atoms with Crippen LogP contribution in [0.1, 0.15) is 98.1 Å². The Balaban J connectivity index is 1.81. The van der Waals surface area contributed by atoms with Crippen molar-refractivity contribution < 1.29 is 10.2 Å². The van der Waals surface area contributed by atoms with Gasteiger partial charge in [0.05, 0.1) is 0 Å². The predicted octanol–water partition coefficient (Wildman–Crippen LogP) is 4.81. The van der Waals surface area contributed by atoms with Crippen LogP contribution >= 0.6 is 0 Å². The monoisotopic (exact) mass is 468 g/mol. The van der Waals surface area contributed by atoms with E-state index < -0.39 is 0 Å². The van der Waals surface area contributed by atoms with Gasteiger partial charge in [0, 0.05) is 46.4 Å². The van der Waals surface area contributed by atoms with Gasteiger partial charge in [-0.15, -0.1) is 0 Å². The van der Waals surface area contributed by atoms with Crippen LogP contribution in [0.15, 0.2) is 24.3 Å². The molecule has 6 nitrogen and oxygen atoms in total. The van der Waals surface area contributed by atoms with Gasteiger partial charge in [0.2, 0.25) is 0 Å². The molecule has 2 aromatic rings. The Morgan fingerprint density at radius 1 is 0.529 bits per heavy atom. The highest BCUT2D eigenvalue weighted by molar-refractivity contribution is 5.47. The van der Waals surface area contributed by atoms with Crippen molar-refractivity contribution in [2.24, 2.45) is 0 Å². The smallest absolute Gasteiger partial charge is 0.125 e. The Hall–Kier alpha value is -2.12. The van der Waals surface area contributed by atoms with Crippen LogP contribution in [0.4, 0.5) is 0 Å². The van der Waals surface area contributed by atoms with Gasteiger partial charge in [-0.05, 0) is 80.6 Å². The second kappa shape index (κ2) is 12.0. The largest absolute Gasteiger partial charge is 0.507 e. The lowest BCUT2D eigenvalue weighted by atomic mass is 9.96. The molecule has 4 bridgehead atoms. The van der Waals surface area contributed by atoms with Crippen molar-refractivity contribution in [3.05, 3.63) is 57.6 Å². The van der Waals surface area contributed by atoms with E-state index in [9.17, 15) is 10.2 Å². The first-order valence-corrected chi connectivity index (χ1v) is 12.8. The van der Waals surface area contributed by atoms with Crippen LogP contribution in [0.5, 0.6) is 11.5 Å². The van der Waals surface area contributed by atoms with Crippen LogP contribution in [0, 0.1) is 13.8 Å². The minimum absolute atomic E-state index is 0.0583. The SMILES string of the molecule is Cc1cc2c(O)c(c1)C(C)NCCCNC(C)c1cc(C)cc(c1O)C(C)NCCCNC2C. The molecule has 6 heteroatoms. The van der Waals surface area contributed by atoms with Crippen LogP contribution in [0.3, 0.4) is 0 Å². The van der Waals surface area contributed by atoms with Crippen LogP contribution in [0.2, 0.25) is 0 Å². The zero-order valence-electron chi connectivity index (χ0n) is 21.8. The van der Waals surface area contributed by atoms with Crippen LogP contribution < -0.4 is 21.3 Å². The van der Waals surface area contributed by atoms with Crippen LogP contribution in [-0.4, -0.2) is 36.4 Å². The normalized spacial score (nSPS) is 25.6. The van der Waals surface area contributed by atoms with Gasteiger partial charge in [-0.3, -0.25) is 0 Å². The second-order valence-electron chi connectivity index (χ2n) is 9.99. The number of nitrogens with one attached hydrogen (secondary N) is 4.